The Bertz CT molecular complexity index is 2550. The third-order valence-corrected chi connectivity index (χ3v) is 7.12. The monoisotopic (exact) mass is 498 g/mol. The fourth-order valence-corrected chi connectivity index (χ4v) is 5.26. The molecule has 8 heteroatoms. The third kappa shape index (κ3) is 2.79. The maximum Gasteiger partial charge on any atom is 0.255 e. The molecule has 180 valence electrons. The Labute approximate surface area is 209 Å². The van der Waals surface area contributed by atoms with Crippen LogP contribution in [0.5, 0.6) is 0 Å². The molecule has 6 heterocycles. The Morgan fingerprint density at radius 3 is 1.18 bits per heavy atom. The van der Waals surface area contributed by atoms with E-state index < -0.39 is 32.8 Å². The van der Waals surface area contributed by atoms with Crippen LogP contribution in [0, 0.1) is 0 Å². The summed E-state index contributed by atoms with van der Waals surface area (Å²) in [5, 5.41) is -0.271. The molecule has 0 unspecified atom stereocenters. The zero-order valence-electron chi connectivity index (χ0n) is 19.4. The number of benzene rings is 5. The van der Waals surface area contributed by atoms with Gasteiger partial charge in [0.15, 0.2) is 21.7 Å². The van der Waals surface area contributed by atoms with E-state index in [1.54, 1.807) is 12.1 Å². The van der Waals surface area contributed by atoms with Gasteiger partial charge in [-0.2, -0.15) is 0 Å². The highest BCUT2D eigenvalue weighted by Gasteiger charge is 2.21. The predicted molar refractivity (Wildman–Crippen MR) is 149 cm³/mol. The first kappa shape index (κ1) is 21.8. The van der Waals surface area contributed by atoms with Crippen LogP contribution in [-0.4, -0.2) is 9.97 Å². The van der Waals surface area contributed by atoms with Crippen molar-refractivity contribution in [1.29, 1.82) is 0 Å². The smallest absolute Gasteiger partial charge is 0.255 e. The molecule has 6 bridgehead atoms. The van der Waals surface area contributed by atoms with E-state index in [2.05, 4.69) is 9.97 Å². The van der Waals surface area contributed by atoms with E-state index in [0.717, 1.165) is 0 Å². The van der Waals surface area contributed by atoms with Crippen LogP contribution in [0.25, 0.3) is 64.9 Å². The first-order chi connectivity index (χ1) is 18.3. The molecule has 0 aliphatic rings. The highest BCUT2D eigenvalue weighted by Crippen LogP contribution is 2.27. The summed E-state index contributed by atoms with van der Waals surface area (Å²) >= 11 is 0. The molecule has 6 aromatic heterocycles. The molecule has 8 nitrogen and oxygen atoms in total. The molecule has 0 radical (unpaired) electrons. The zero-order valence-corrected chi connectivity index (χ0v) is 19.4. The molecule has 11 rings (SSSR count). The summed E-state index contributed by atoms with van der Waals surface area (Å²) in [6.45, 7) is 0. The van der Waals surface area contributed by atoms with Gasteiger partial charge in [-0.05, 0) is 24.3 Å². The highest BCUT2D eigenvalue weighted by molar-refractivity contribution is 6.25. The van der Waals surface area contributed by atoms with Crippen molar-refractivity contribution in [3.05, 3.63) is 134 Å². The van der Waals surface area contributed by atoms with Gasteiger partial charge in [0.25, 0.3) is 11.1 Å². The van der Waals surface area contributed by atoms with E-state index in [4.69, 9.17) is 0 Å². The Balaban J connectivity index is 2.13. The minimum absolute atomic E-state index is 0.0735. The van der Waals surface area contributed by atoms with Crippen molar-refractivity contribution in [2.24, 2.45) is 0 Å². The molecule has 0 aliphatic heterocycles. The zero-order chi connectivity index (χ0) is 26.3. The molecule has 0 saturated carbocycles. The lowest BCUT2D eigenvalue weighted by Crippen LogP contribution is -2.18. The van der Waals surface area contributed by atoms with Crippen molar-refractivity contribution < 1.29 is 0 Å². The van der Waals surface area contributed by atoms with Gasteiger partial charge in [-0.15, -0.1) is 0 Å². The van der Waals surface area contributed by atoms with Crippen molar-refractivity contribution in [1.82, 2.24) is 9.97 Å². The lowest BCUT2D eigenvalue weighted by Gasteiger charge is -2.07. The van der Waals surface area contributed by atoms with Crippen LogP contribution in [0.15, 0.2) is 102 Å². The largest absolute Gasteiger partial charge is 0.319 e. The summed E-state index contributed by atoms with van der Waals surface area (Å²) in [7, 11) is 0. The summed E-state index contributed by atoms with van der Waals surface area (Å²) in [6, 6.07) is 17.7. The number of hydrogen-bond acceptors (Lipinski definition) is 6. The second-order valence-electron chi connectivity index (χ2n) is 9.18. The highest BCUT2D eigenvalue weighted by atomic mass is 16.1. The fraction of sp³-hybridized carbons (Fsp3) is 0. The molecule has 0 spiro atoms. The maximum atomic E-state index is 14.1. The molecule has 0 saturated heterocycles. The van der Waals surface area contributed by atoms with E-state index >= 15 is 0 Å². The minimum atomic E-state index is -0.692. The Hall–Kier alpha value is -5.50. The van der Waals surface area contributed by atoms with Crippen LogP contribution >= 0.6 is 0 Å². The van der Waals surface area contributed by atoms with Crippen molar-refractivity contribution in [3.63, 3.8) is 0 Å². The first-order valence-corrected chi connectivity index (χ1v) is 11.7. The standard InChI is InChI=1S/C30H14N2O6/c33-25-13-5-9-15(10-6-13)30(38)32-24-22-20(27(35)17-3-1-2-4-18(17)28(22)36)19(25)21-23(24)31-29(37)16-11-7-14(8-12-16)26(21)34/h1-12H,(H,31,37)(H,32,38). The second kappa shape index (κ2) is 7.50. The van der Waals surface area contributed by atoms with E-state index in [1.165, 1.54) is 60.7 Å². The molecular weight excluding hydrogens is 484 g/mol. The van der Waals surface area contributed by atoms with E-state index in [9.17, 15) is 28.8 Å². The minimum Gasteiger partial charge on any atom is -0.319 e. The lowest BCUT2D eigenvalue weighted by molar-refractivity contribution is 1.32. The molecule has 11 aromatic rings. The predicted octanol–water partition coefficient (Wildman–Crippen LogP) is 2.86. The van der Waals surface area contributed by atoms with Crippen LogP contribution in [0.3, 0.4) is 0 Å². The molecule has 0 aliphatic carbocycles. The average molecular weight is 498 g/mol. The number of rotatable bonds is 0. The molecule has 38 heavy (non-hydrogen) atoms. The molecular formula is C30H14N2O6. The molecule has 0 atom stereocenters. The molecule has 0 fully saturated rings. The molecule has 5 aromatic carbocycles. The van der Waals surface area contributed by atoms with Crippen LogP contribution in [0.1, 0.15) is 0 Å². The van der Waals surface area contributed by atoms with Gasteiger partial charge in [0.2, 0.25) is 0 Å². The summed E-state index contributed by atoms with van der Waals surface area (Å²) in [5.41, 5.74) is -4.28. The topological polar surface area (TPSA) is 134 Å². The van der Waals surface area contributed by atoms with Crippen LogP contribution in [0.2, 0.25) is 0 Å². The van der Waals surface area contributed by atoms with Gasteiger partial charge < -0.3 is 9.97 Å². The van der Waals surface area contributed by atoms with Crippen molar-refractivity contribution in [2.45, 2.75) is 0 Å². The van der Waals surface area contributed by atoms with Gasteiger partial charge in [0, 0.05) is 43.1 Å². The summed E-state index contributed by atoms with van der Waals surface area (Å²) in [5.74, 6) is 0. The van der Waals surface area contributed by atoms with Gasteiger partial charge in [-0.1, -0.05) is 48.5 Å². The lowest BCUT2D eigenvalue weighted by atomic mass is 9.95. The van der Waals surface area contributed by atoms with E-state index in [-0.39, 0.29) is 64.9 Å². The van der Waals surface area contributed by atoms with Gasteiger partial charge in [-0.25, -0.2) is 0 Å². The number of hydrogen-bond donors (Lipinski definition) is 2. The number of H-pyrrole nitrogens is 2. The van der Waals surface area contributed by atoms with Gasteiger partial charge in [-0.3, -0.25) is 28.8 Å². The number of aromatic nitrogens is 2. The van der Waals surface area contributed by atoms with Crippen molar-refractivity contribution in [2.75, 3.05) is 0 Å². The SMILES string of the molecule is O=c1[nH]c2c3[nH]c(=O)c4ccc(cc4)c(=O)c(c2c(=O)c2ccc1cc2)c1c(=O)c2ccccc2c(=O)c31. The van der Waals surface area contributed by atoms with Gasteiger partial charge in [0.1, 0.15) is 0 Å². The maximum absolute atomic E-state index is 14.1. The third-order valence-electron chi connectivity index (χ3n) is 7.12. The normalized spacial score (nSPS) is 11.8. The van der Waals surface area contributed by atoms with Gasteiger partial charge in [0.05, 0.1) is 21.8 Å². The van der Waals surface area contributed by atoms with Crippen LogP contribution in [-0.2, 0) is 0 Å². The quantitative estimate of drug-likeness (QED) is 0.309. The van der Waals surface area contributed by atoms with Crippen LogP contribution in [0.4, 0.5) is 0 Å². The fourth-order valence-electron chi connectivity index (χ4n) is 5.26. The number of nitrogens with one attached hydrogen (secondary N) is 2. The van der Waals surface area contributed by atoms with Crippen LogP contribution < -0.4 is 32.8 Å². The average Bonchev–Trinajstić information content (AvgIpc) is 2.99. The first-order valence-electron chi connectivity index (χ1n) is 11.7. The van der Waals surface area contributed by atoms with Gasteiger partial charge >= 0.3 is 0 Å². The molecule has 0 amide bonds. The Morgan fingerprint density at radius 2 is 0.711 bits per heavy atom. The van der Waals surface area contributed by atoms with Crippen molar-refractivity contribution >= 4 is 64.9 Å². The number of fused-ring (bicyclic) bond motifs is 4. The summed E-state index contributed by atoms with van der Waals surface area (Å²) in [6.07, 6.45) is 0. The van der Waals surface area contributed by atoms with E-state index in [1.807, 2.05) is 0 Å². The van der Waals surface area contributed by atoms with E-state index in [0.29, 0.717) is 0 Å². The number of aromatic amines is 2. The molecule has 2 N–H and O–H groups in total. The Morgan fingerprint density at radius 1 is 0.368 bits per heavy atom. The second-order valence-corrected chi connectivity index (χ2v) is 9.18. The van der Waals surface area contributed by atoms with Crippen molar-refractivity contribution in [3.8, 4) is 0 Å². The summed E-state index contributed by atoms with van der Waals surface area (Å²) in [4.78, 5) is 87.9. The Kier molecular flexibility index (Phi) is 4.29. The summed E-state index contributed by atoms with van der Waals surface area (Å²) < 4.78 is 0.